The van der Waals surface area contributed by atoms with Crippen LogP contribution in [0, 0.1) is 6.92 Å². The predicted molar refractivity (Wildman–Crippen MR) is 63.1 cm³/mol. The fourth-order valence-electron chi connectivity index (χ4n) is 2.42. The highest BCUT2D eigenvalue weighted by atomic mass is 15.2. The lowest BCUT2D eigenvalue weighted by molar-refractivity contribution is 0.311. The molecule has 3 rings (SSSR count). The molecule has 5 nitrogen and oxygen atoms in total. The van der Waals surface area contributed by atoms with E-state index in [0.29, 0.717) is 5.82 Å². The van der Waals surface area contributed by atoms with Crippen LogP contribution in [0.1, 0.15) is 17.0 Å². The van der Waals surface area contributed by atoms with Crippen molar-refractivity contribution in [2.75, 3.05) is 19.3 Å². The molecule has 0 atom stereocenters. The van der Waals surface area contributed by atoms with Crippen molar-refractivity contribution in [3.05, 3.63) is 17.0 Å². The van der Waals surface area contributed by atoms with Crippen LogP contribution in [-0.4, -0.2) is 33.7 Å². The van der Waals surface area contributed by atoms with Crippen molar-refractivity contribution in [2.45, 2.75) is 19.9 Å². The molecule has 2 aromatic heterocycles. The molecular weight excluding hydrogens is 202 g/mol. The fourth-order valence-corrected chi connectivity index (χ4v) is 2.42. The third-order valence-corrected chi connectivity index (χ3v) is 3.27. The molecule has 0 saturated carbocycles. The highest BCUT2D eigenvalue weighted by molar-refractivity contribution is 5.93. The number of anilines is 1. The van der Waals surface area contributed by atoms with Gasteiger partial charge in [0.15, 0.2) is 5.82 Å². The quantitative estimate of drug-likeness (QED) is 0.686. The number of aryl methyl sites for hydroxylation is 1. The number of aromatic amines is 1. The van der Waals surface area contributed by atoms with Crippen LogP contribution >= 0.6 is 0 Å². The summed E-state index contributed by atoms with van der Waals surface area (Å²) in [6.07, 6.45) is 0.993. The van der Waals surface area contributed by atoms with Crippen LogP contribution in [0.2, 0.25) is 0 Å². The number of nitrogens with zero attached hydrogens (tertiary/aromatic N) is 3. The minimum absolute atomic E-state index is 0.590. The molecule has 16 heavy (non-hydrogen) atoms. The van der Waals surface area contributed by atoms with E-state index in [9.17, 15) is 0 Å². The first-order valence-electron chi connectivity index (χ1n) is 5.47. The Hall–Kier alpha value is -1.62. The second-order valence-corrected chi connectivity index (χ2v) is 4.47. The lowest BCUT2D eigenvalue weighted by Gasteiger charge is -2.25. The Balaban J connectivity index is 2.35. The van der Waals surface area contributed by atoms with Gasteiger partial charge in [-0.3, -0.25) is 10.1 Å². The van der Waals surface area contributed by atoms with Gasteiger partial charge in [0.05, 0.1) is 16.6 Å². The third-order valence-electron chi connectivity index (χ3n) is 3.27. The van der Waals surface area contributed by atoms with Crippen LogP contribution in [0.15, 0.2) is 0 Å². The summed E-state index contributed by atoms with van der Waals surface area (Å²) in [7, 11) is 2.12. The van der Waals surface area contributed by atoms with Gasteiger partial charge in [-0.15, -0.1) is 0 Å². The minimum Gasteiger partial charge on any atom is -0.382 e. The van der Waals surface area contributed by atoms with E-state index in [-0.39, 0.29) is 0 Å². The topological polar surface area (TPSA) is 70.8 Å². The number of pyridine rings is 1. The lowest BCUT2D eigenvalue weighted by atomic mass is 10.0. The third kappa shape index (κ3) is 1.21. The summed E-state index contributed by atoms with van der Waals surface area (Å²) in [6, 6.07) is 0. The van der Waals surface area contributed by atoms with Crippen molar-refractivity contribution in [2.24, 2.45) is 0 Å². The Bertz CT molecular complexity index is 557. The van der Waals surface area contributed by atoms with Gasteiger partial charge in [0.25, 0.3) is 0 Å². The zero-order chi connectivity index (χ0) is 11.3. The van der Waals surface area contributed by atoms with E-state index in [2.05, 4.69) is 27.1 Å². The number of H-pyrrole nitrogens is 1. The molecule has 84 valence electrons. The molecule has 0 aliphatic carbocycles. The lowest BCUT2D eigenvalue weighted by Crippen LogP contribution is -2.27. The van der Waals surface area contributed by atoms with E-state index in [4.69, 9.17) is 5.73 Å². The number of nitrogens with one attached hydrogen (secondary N) is 1. The number of hydrogen-bond donors (Lipinski definition) is 2. The number of nitrogen functional groups attached to an aromatic ring is 1. The number of likely N-dealkylation sites (N-methyl/N-ethyl adjacent to an activating group) is 1. The van der Waals surface area contributed by atoms with Gasteiger partial charge >= 0.3 is 0 Å². The van der Waals surface area contributed by atoms with Gasteiger partial charge in [0.2, 0.25) is 0 Å². The SMILES string of the molecule is Cc1nc2c(c3c(N)n[nH]c13)CN(C)CC2. The number of rotatable bonds is 0. The van der Waals surface area contributed by atoms with E-state index in [1.54, 1.807) is 0 Å². The molecule has 1 aliphatic heterocycles. The number of nitrogens with two attached hydrogens (primary N) is 1. The van der Waals surface area contributed by atoms with E-state index in [1.807, 2.05) is 6.92 Å². The Labute approximate surface area is 93.6 Å². The molecule has 0 fully saturated rings. The Kier molecular flexibility index (Phi) is 1.91. The standard InChI is InChI=1S/C11H15N5/c1-6-10-9(11(12)15-14-10)7-5-16(2)4-3-8(7)13-6/h3-5H2,1-2H3,(H3,12,14,15). The van der Waals surface area contributed by atoms with Crippen LogP contribution in [0.25, 0.3) is 10.9 Å². The van der Waals surface area contributed by atoms with E-state index in [1.165, 1.54) is 11.3 Å². The maximum atomic E-state index is 5.93. The van der Waals surface area contributed by atoms with Crippen molar-refractivity contribution in [3.63, 3.8) is 0 Å². The van der Waals surface area contributed by atoms with Crippen molar-refractivity contribution in [3.8, 4) is 0 Å². The average Bonchev–Trinajstić information content (AvgIpc) is 2.63. The summed E-state index contributed by atoms with van der Waals surface area (Å²) in [4.78, 5) is 6.92. The molecule has 0 bridgehead atoms. The van der Waals surface area contributed by atoms with Crippen LogP contribution in [-0.2, 0) is 13.0 Å². The van der Waals surface area contributed by atoms with Gasteiger partial charge in [0, 0.05) is 30.8 Å². The van der Waals surface area contributed by atoms with Gasteiger partial charge in [-0.1, -0.05) is 0 Å². The maximum Gasteiger partial charge on any atom is 0.153 e. The van der Waals surface area contributed by atoms with Crippen molar-refractivity contribution < 1.29 is 0 Å². The summed E-state index contributed by atoms with van der Waals surface area (Å²) < 4.78 is 0. The summed E-state index contributed by atoms with van der Waals surface area (Å²) in [6.45, 7) is 3.96. The van der Waals surface area contributed by atoms with Gasteiger partial charge in [-0.25, -0.2) is 0 Å². The highest BCUT2D eigenvalue weighted by Crippen LogP contribution is 2.29. The van der Waals surface area contributed by atoms with Crippen molar-refractivity contribution >= 4 is 16.7 Å². The monoisotopic (exact) mass is 217 g/mol. The Morgan fingerprint density at radius 2 is 2.25 bits per heavy atom. The molecule has 0 aromatic carbocycles. The first-order valence-corrected chi connectivity index (χ1v) is 5.47. The number of fused-ring (bicyclic) bond motifs is 3. The molecular formula is C11H15N5. The van der Waals surface area contributed by atoms with Gasteiger partial charge in [0.1, 0.15) is 0 Å². The average molecular weight is 217 g/mol. The molecule has 0 unspecified atom stereocenters. The normalized spacial score (nSPS) is 16.6. The second-order valence-electron chi connectivity index (χ2n) is 4.47. The zero-order valence-electron chi connectivity index (χ0n) is 9.54. The van der Waals surface area contributed by atoms with Crippen LogP contribution < -0.4 is 5.73 Å². The minimum atomic E-state index is 0.590. The fraction of sp³-hybridized carbons (Fsp3) is 0.455. The van der Waals surface area contributed by atoms with Gasteiger partial charge in [-0.05, 0) is 14.0 Å². The van der Waals surface area contributed by atoms with E-state index < -0.39 is 0 Å². The second kappa shape index (κ2) is 3.18. The van der Waals surface area contributed by atoms with Crippen LogP contribution in [0.4, 0.5) is 5.82 Å². The van der Waals surface area contributed by atoms with Gasteiger partial charge < -0.3 is 10.6 Å². The molecule has 3 N–H and O–H groups in total. The Morgan fingerprint density at radius 1 is 1.44 bits per heavy atom. The van der Waals surface area contributed by atoms with Crippen LogP contribution in [0.3, 0.4) is 0 Å². The number of hydrogen-bond acceptors (Lipinski definition) is 4. The molecule has 0 spiro atoms. The van der Waals surface area contributed by atoms with Gasteiger partial charge in [-0.2, -0.15) is 5.10 Å². The van der Waals surface area contributed by atoms with E-state index >= 15 is 0 Å². The molecule has 0 saturated heterocycles. The smallest absolute Gasteiger partial charge is 0.153 e. The molecule has 5 heteroatoms. The largest absolute Gasteiger partial charge is 0.382 e. The summed E-state index contributed by atoms with van der Waals surface area (Å²) in [5.74, 6) is 0.590. The molecule has 2 aromatic rings. The maximum absolute atomic E-state index is 5.93. The molecule has 0 amide bonds. The highest BCUT2D eigenvalue weighted by Gasteiger charge is 2.21. The molecule has 3 heterocycles. The Morgan fingerprint density at radius 3 is 3.06 bits per heavy atom. The van der Waals surface area contributed by atoms with E-state index in [0.717, 1.165) is 36.1 Å². The zero-order valence-corrected chi connectivity index (χ0v) is 9.54. The first-order chi connectivity index (χ1) is 7.66. The van der Waals surface area contributed by atoms with Crippen molar-refractivity contribution in [1.29, 1.82) is 0 Å². The molecule has 1 aliphatic rings. The summed E-state index contributed by atoms with van der Waals surface area (Å²) >= 11 is 0. The molecule has 0 radical (unpaired) electrons. The van der Waals surface area contributed by atoms with Crippen molar-refractivity contribution in [1.82, 2.24) is 20.1 Å². The first kappa shape index (κ1) is 9.59. The number of aromatic nitrogens is 3. The summed E-state index contributed by atoms with van der Waals surface area (Å²) in [5, 5.41) is 8.11. The predicted octanol–water partition coefficient (Wildman–Crippen LogP) is 0.836. The summed E-state index contributed by atoms with van der Waals surface area (Å²) in [5.41, 5.74) is 10.3. The van der Waals surface area contributed by atoms with Crippen LogP contribution in [0.5, 0.6) is 0 Å².